The number of carboxylic acid groups (broad SMARTS) is 1. The Kier molecular flexibility index (Phi) is 5.19. The number of aliphatic hydroxyl groups is 2. The first-order valence-corrected chi connectivity index (χ1v) is 5.23. The fraction of sp³-hybridized carbons (Fsp3) is 0.400. The molecule has 2 unspecified atom stereocenters. The molecule has 3 N–H and O–H groups in total. The Bertz CT molecular complexity index is 518. The number of aromatic nitrogens is 1. The van der Waals surface area contributed by atoms with E-state index in [1.165, 1.54) is 0 Å². The van der Waals surface area contributed by atoms with Gasteiger partial charge in [-0.1, -0.05) is 5.11 Å². The largest absolute Gasteiger partial charge is 0.478 e. The Morgan fingerprint density at radius 1 is 1.58 bits per heavy atom. The molecule has 9 heteroatoms. The predicted octanol–water partition coefficient (Wildman–Crippen LogP) is 1.01. The first-order valence-electron chi connectivity index (χ1n) is 5.23. The van der Waals surface area contributed by atoms with Gasteiger partial charge in [-0.2, -0.15) is 4.39 Å². The molecule has 1 heterocycles. The van der Waals surface area contributed by atoms with Crippen LogP contribution in [0.2, 0.25) is 0 Å². The van der Waals surface area contributed by atoms with Gasteiger partial charge in [0, 0.05) is 23.2 Å². The molecule has 19 heavy (non-hydrogen) atoms. The van der Waals surface area contributed by atoms with Gasteiger partial charge < -0.3 is 15.3 Å². The van der Waals surface area contributed by atoms with Crippen molar-refractivity contribution in [2.45, 2.75) is 18.6 Å². The van der Waals surface area contributed by atoms with E-state index in [1.807, 2.05) is 0 Å². The summed E-state index contributed by atoms with van der Waals surface area (Å²) in [5, 5.41) is 31.2. The summed E-state index contributed by atoms with van der Waals surface area (Å²) in [7, 11) is 0. The second-order valence-electron chi connectivity index (χ2n) is 3.67. The number of halogens is 1. The van der Waals surface area contributed by atoms with Crippen molar-refractivity contribution in [1.29, 1.82) is 0 Å². The molecule has 2 atom stereocenters. The van der Waals surface area contributed by atoms with E-state index in [-0.39, 0.29) is 18.5 Å². The van der Waals surface area contributed by atoms with Crippen molar-refractivity contribution < 1.29 is 24.5 Å². The smallest absolute Gasteiger partial charge is 0.340 e. The molecule has 8 nitrogen and oxygen atoms in total. The van der Waals surface area contributed by atoms with Crippen LogP contribution in [-0.4, -0.2) is 38.9 Å². The van der Waals surface area contributed by atoms with Gasteiger partial charge in [0.2, 0.25) is 5.95 Å². The summed E-state index contributed by atoms with van der Waals surface area (Å²) in [5.41, 5.74) is 7.33. The van der Waals surface area contributed by atoms with Gasteiger partial charge >= 0.3 is 5.97 Å². The summed E-state index contributed by atoms with van der Waals surface area (Å²) in [6.07, 6.45) is -1.81. The third kappa shape index (κ3) is 3.88. The summed E-state index contributed by atoms with van der Waals surface area (Å²) >= 11 is 0. The maximum Gasteiger partial charge on any atom is 0.340 e. The molecule has 0 saturated heterocycles. The highest BCUT2D eigenvalue weighted by Gasteiger charge is 2.21. The van der Waals surface area contributed by atoms with E-state index in [2.05, 4.69) is 15.0 Å². The number of pyridine rings is 1. The molecule has 0 fully saturated rings. The highest BCUT2D eigenvalue weighted by Crippen LogP contribution is 2.20. The second-order valence-corrected chi connectivity index (χ2v) is 3.67. The molecule has 0 radical (unpaired) electrons. The third-order valence-corrected chi connectivity index (χ3v) is 2.38. The molecule has 0 aliphatic carbocycles. The molecule has 1 aromatic rings. The molecule has 0 saturated carbocycles. The van der Waals surface area contributed by atoms with Gasteiger partial charge in [-0.05, 0) is 18.0 Å². The normalized spacial score (nSPS) is 13.4. The summed E-state index contributed by atoms with van der Waals surface area (Å²) in [4.78, 5) is 16.4. The molecule has 102 valence electrons. The van der Waals surface area contributed by atoms with Crippen LogP contribution in [0.15, 0.2) is 17.4 Å². The Morgan fingerprint density at radius 3 is 2.84 bits per heavy atom. The lowest BCUT2D eigenvalue weighted by molar-refractivity contribution is 0.0147. The molecule has 0 aliphatic rings. The van der Waals surface area contributed by atoms with Crippen molar-refractivity contribution >= 4 is 5.97 Å². The van der Waals surface area contributed by atoms with Gasteiger partial charge in [0.15, 0.2) is 0 Å². The van der Waals surface area contributed by atoms with E-state index in [0.29, 0.717) is 0 Å². The van der Waals surface area contributed by atoms with E-state index in [0.717, 1.165) is 12.3 Å². The van der Waals surface area contributed by atoms with Crippen LogP contribution in [0.5, 0.6) is 0 Å². The van der Waals surface area contributed by atoms with Crippen molar-refractivity contribution in [3.05, 3.63) is 39.8 Å². The number of rotatable bonds is 6. The standard InChI is InChI=1S/C10H11FN4O4/c11-9-6(10(18)19)3-5(4-13-9)8(17)7(16)1-2-14-15-12/h3-4,7-8,16-17H,1-2H2,(H,18,19). The molecule has 0 aliphatic heterocycles. The number of azide groups is 1. The second kappa shape index (κ2) is 6.64. The van der Waals surface area contributed by atoms with Crippen molar-refractivity contribution in [3.8, 4) is 0 Å². The Balaban J connectivity index is 2.87. The van der Waals surface area contributed by atoms with Crippen molar-refractivity contribution in [2.24, 2.45) is 5.11 Å². The van der Waals surface area contributed by atoms with E-state index in [4.69, 9.17) is 10.6 Å². The zero-order chi connectivity index (χ0) is 14.4. The Labute approximate surface area is 106 Å². The van der Waals surface area contributed by atoms with Gasteiger partial charge in [0.05, 0.1) is 6.10 Å². The van der Waals surface area contributed by atoms with Crippen molar-refractivity contribution in [2.75, 3.05) is 6.54 Å². The zero-order valence-corrected chi connectivity index (χ0v) is 9.64. The van der Waals surface area contributed by atoms with E-state index >= 15 is 0 Å². The van der Waals surface area contributed by atoms with E-state index < -0.39 is 29.7 Å². The first-order chi connectivity index (χ1) is 8.97. The molecule has 0 bridgehead atoms. The SMILES string of the molecule is [N-]=[N+]=NCCC(O)C(O)c1cnc(F)c(C(=O)O)c1. The number of hydrogen-bond donors (Lipinski definition) is 3. The molecular formula is C10H11FN4O4. The Morgan fingerprint density at radius 2 is 2.26 bits per heavy atom. The fourth-order valence-electron chi connectivity index (χ4n) is 1.39. The number of carboxylic acids is 1. The van der Waals surface area contributed by atoms with Crippen molar-refractivity contribution in [1.82, 2.24) is 4.98 Å². The predicted molar refractivity (Wildman–Crippen MR) is 60.8 cm³/mol. The maximum absolute atomic E-state index is 13.0. The lowest BCUT2D eigenvalue weighted by Crippen LogP contribution is -2.20. The van der Waals surface area contributed by atoms with Crippen LogP contribution in [0, 0.1) is 5.95 Å². The van der Waals surface area contributed by atoms with E-state index in [1.54, 1.807) is 0 Å². The number of aromatic carboxylic acids is 1. The third-order valence-electron chi connectivity index (χ3n) is 2.38. The van der Waals surface area contributed by atoms with Gasteiger partial charge in [-0.15, -0.1) is 0 Å². The quantitative estimate of drug-likeness (QED) is 0.306. The van der Waals surface area contributed by atoms with Crippen LogP contribution in [0.1, 0.15) is 28.4 Å². The number of nitrogens with zero attached hydrogens (tertiary/aromatic N) is 4. The molecule has 0 spiro atoms. The van der Waals surface area contributed by atoms with Crippen LogP contribution in [-0.2, 0) is 0 Å². The summed E-state index contributed by atoms with van der Waals surface area (Å²) < 4.78 is 13.0. The number of carbonyl (C=O) groups is 1. The minimum atomic E-state index is -1.53. The number of aliphatic hydroxyl groups excluding tert-OH is 2. The van der Waals surface area contributed by atoms with E-state index in [9.17, 15) is 19.4 Å². The maximum atomic E-state index is 13.0. The first kappa shape index (κ1) is 14.8. The van der Waals surface area contributed by atoms with Crippen LogP contribution in [0.25, 0.3) is 10.4 Å². The highest BCUT2D eigenvalue weighted by atomic mass is 19.1. The van der Waals surface area contributed by atoms with Gasteiger partial charge in [-0.3, -0.25) is 0 Å². The van der Waals surface area contributed by atoms with Crippen LogP contribution in [0.4, 0.5) is 4.39 Å². The lowest BCUT2D eigenvalue weighted by Gasteiger charge is -2.17. The Hall–Kier alpha value is -2.22. The summed E-state index contributed by atoms with van der Waals surface area (Å²) in [5.74, 6) is -2.70. The molecule has 1 aromatic heterocycles. The van der Waals surface area contributed by atoms with Crippen LogP contribution < -0.4 is 0 Å². The topological polar surface area (TPSA) is 139 Å². The van der Waals surface area contributed by atoms with Gasteiger partial charge in [0.25, 0.3) is 0 Å². The lowest BCUT2D eigenvalue weighted by atomic mass is 10.0. The average Bonchev–Trinajstić information content (AvgIpc) is 2.38. The highest BCUT2D eigenvalue weighted by molar-refractivity contribution is 5.87. The van der Waals surface area contributed by atoms with Crippen LogP contribution >= 0.6 is 0 Å². The summed E-state index contributed by atoms with van der Waals surface area (Å²) in [6, 6.07) is 0.895. The molecule has 1 rings (SSSR count). The average molecular weight is 270 g/mol. The van der Waals surface area contributed by atoms with Crippen molar-refractivity contribution in [3.63, 3.8) is 0 Å². The fourth-order valence-corrected chi connectivity index (χ4v) is 1.39. The van der Waals surface area contributed by atoms with Gasteiger partial charge in [-0.25, -0.2) is 9.78 Å². The molecular weight excluding hydrogens is 259 g/mol. The van der Waals surface area contributed by atoms with Crippen LogP contribution in [0.3, 0.4) is 0 Å². The molecule has 0 aromatic carbocycles. The minimum absolute atomic E-state index is 0.0228. The monoisotopic (exact) mass is 270 g/mol. The molecule has 0 amide bonds. The zero-order valence-electron chi connectivity index (χ0n) is 9.64. The summed E-state index contributed by atoms with van der Waals surface area (Å²) in [6.45, 7) is -0.0326. The number of hydrogen-bond acceptors (Lipinski definition) is 5. The van der Waals surface area contributed by atoms with Gasteiger partial charge in [0.1, 0.15) is 11.7 Å². The minimum Gasteiger partial charge on any atom is -0.478 e.